The van der Waals surface area contributed by atoms with Crippen molar-refractivity contribution in [3.8, 4) is 0 Å². The van der Waals surface area contributed by atoms with Crippen molar-refractivity contribution in [1.82, 2.24) is 0 Å². The van der Waals surface area contributed by atoms with Crippen LogP contribution in [0.1, 0.15) is 16.7 Å². The molecule has 0 aliphatic rings. The number of halogens is 2. The van der Waals surface area contributed by atoms with Gasteiger partial charge in [0.05, 0.1) is 0 Å². The van der Waals surface area contributed by atoms with Gasteiger partial charge >= 0.3 is 0 Å². The van der Waals surface area contributed by atoms with Crippen LogP contribution >= 0.6 is 31.9 Å². The molecule has 0 fully saturated rings. The number of hydrogen-bond donors (Lipinski definition) is 1. The number of aliphatic hydroxyl groups excluding tert-OH is 1. The molecule has 0 atom stereocenters. The lowest BCUT2D eigenvalue weighted by molar-refractivity contribution is 0.299. The maximum absolute atomic E-state index is 8.82. The SMILES string of the molecule is OCCc1cc(CBr)cc(CBr)c1. The minimum atomic E-state index is 0.216. The largest absolute Gasteiger partial charge is 0.396 e. The molecule has 0 aromatic heterocycles. The monoisotopic (exact) mass is 306 g/mol. The van der Waals surface area contributed by atoms with E-state index in [9.17, 15) is 0 Å². The molecule has 0 saturated carbocycles. The fourth-order valence-corrected chi connectivity index (χ4v) is 1.91. The van der Waals surface area contributed by atoms with Crippen molar-refractivity contribution in [2.24, 2.45) is 0 Å². The Balaban J connectivity index is 2.93. The van der Waals surface area contributed by atoms with Crippen LogP contribution < -0.4 is 0 Å². The molecule has 1 N–H and O–H groups in total. The Morgan fingerprint density at radius 2 is 1.38 bits per heavy atom. The molecule has 3 heteroatoms. The van der Waals surface area contributed by atoms with Gasteiger partial charge in [0, 0.05) is 17.3 Å². The summed E-state index contributed by atoms with van der Waals surface area (Å²) in [6.07, 6.45) is 0.737. The number of aliphatic hydroxyl groups is 1. The van der Waals surface area contributed by atoms with E-state index < -0.39 is 0 Å². The third-order valence-electron chi connectivity index (χ3n) is 1.82. The second-order valence-corrected chi connectivity index (χ2v) is 4.02. The highest BCUT2D eigenvalue weighted by Gasteiger charge is 1.99. The highest BCUT2D eigenvalue weighted by Crippen LogP contribution is 2.15. The topological polar surface area (TPSA) is 20.2 Å². The summed E-state index contributed by atoms with van der Waals surface area (Å²) in [6, 6.07) is 6.40. The standard InChI is InChI=1S/C10H12Br2O/c11-6-9-3-8(1-2-13)4-10(5-9)7-12/h3-5,13H,1-2,6-7H2. The first-order valence-electron chi connectivity index (χ1n) is 4.14. The molecule has 72 valence electrons. The van der Waals surface area contributed by atoms with Gasteiger partial charge in [-0.2, -0.15) is 0 Å². The zero-order chi connectivity index (χ0) is 9.68. The molecule has 1 aromatic carbocycles. The third kappa shape index (κ3) is 3.41. The van der Waals surface area contributed by atoms with Gasteiger partial charge in [-0.05, 0) is 23.1 Å². The Hall–Kier alpha value is 0.140. The van der Waals surface area contributed by atoms with Gasteiger partial charge in [0.15, 0.2) is 0 Å². The lowest BCUT2D eigenvalue weighted by Gasteiger charge is -2.05. The molecule has 0 amide bonds. The number of alkyl halides is 2. The molecule has 0 saturated heterocycles. The Kier molecular flexibility index (Phi) is 4.99. The Morgan fingerprint density at radius 1 is 0.923 bits per heavy atom. The summed E-state index contributed by atoms with van der Waals surface area (Å²) in [4.78, 5) is 0. The molecule has 0 unspecified atom stereocenters. The van der Waals surface area contributed by atoms with Crippen molar-refractivity contribution >= 4 is 31.9 Å². The third-order valence-corrected chi connectivity index (χ3v) is 3.12. The summed E-state index contributed by atoms with van der Waals surface area (Å²) in [5, 5.41) is 10.6. The van der Waals surface area contributed by atoms with Crippen molar-refractivity contribution < 1.29 is 5.11 Å². The minimum absolute atomic E-state index is 0.216. The Bertz CT molecular complexity index is 251. The highest BCUT2D eigenvalue weighted by molar-refractivity contribution is 9.08. The Morgan fingerprint density at radius 3 is 1.77 bits per heavy atom. The van der Waals surface area contributed by atoms with Gasteiger partial charge in [-0.25, -0.2) is 0 Å². The second-order valence-electron chi connectivity index (χ2n) is 2.90. The number of rotatable bonds is 4. The van der Waals surface area contributed by atoms with E-state index in [1.54, 1.807) is 0 Å². The number of hydrogen-bond acceptors (Lipinski definition) is 1. The van der Waals surface area contributed by atoms with Crippen molar-refractivity contribution in [3.05, 3.63) is 34.9 Å². The predicted molar refractivity (Wildman–Crippen MR) is 62.5 cm³/mol. The fourth-order valence-electron chi connectivity index (χ4n) is 1.27. The average Bonchev–Trinajstić information content (AvgIpc) is 2.17. The van der Waals surface area contributed by atoms with E-state index in [1.165, 1.54) is 16.7 Å². The van der Waals surface area contributed by atoms with Crippen LogP contribution in [0.15, 0.2) is 18.2 Å². The molecule has 0 bridgehead atoms. The molecule has 0 heterocycles. The molecule has 0 radical (unpaired) electrons. The maximum atomic E-state index is 8.82. The summed E-state index contributed by atoms with van der Waals surface area (Å²) in [6.45, 7) is 0.216. The number of benzene rings is 1. The molecule has 1 aromatic rings. The maximum Gasteiger partial charge on any atom is 0.0471 e. The highest BCUT2D eigenvalue weighted by atomic mass is 79.9. The van der Waals surface area contributed by atoms with Gasteiger partial charge in [0.25, 0.3) is 0 Å². The summed E-state index contributed by atoms with van der Waals surface area (Å²) < 4.78 is 0. The summed E-state index contributed by atoms with van der Waals surface area (Å²) >= 11 is 6.86. The second kappa shape index (κ2) is 5.78. The van der Waals surface area contributed by atoms with Crippen LogP contribution in [0.25, 0.3) is 0 Å². The first kappa shape index (κ1) is 11.2. The quantitative estimate of drug-likeness (QED) is 0.848. The van der Waals surface area contributed by atoms with Crippen LogP contribution in [0.5, 0.6) is 0 Å². The average molecular weight is 308 g/mol. The van der Waals surface area contributed by atoms with E-state index in [-0.39, 0.29) is 6.61 Å². The zero-order valence-electron chi connectivity index (χ0n) is 7.26. The molecule has 1 rings (SSSR count). The van der Waals surface area contributed by atoms with E-state index in [1.807, 2.05) is 0 Å². The van der Waals surface area contributed by atoms with Gasteiger partial charge in [-0.3, -0.25) is 0 Å². The normalized spacial score (nSPS) is 10.4. The lowest BCUT2D eigenvalue weighted by atomic mass is 10.1. The van der Waals surface area contributed by atoms with Crippen molar-refractivity contribution in [2.45, 2.75) is 17.1 Å². The van der Waals surface area contributed by atoms with Crippen LogP contribution in [0.2, 0.25) is 0 Å². The zero-order valence-corrected chi connectivity index (χ0v) is 10.4. The van der Waals surface area contributed by atoms with Gasteiger partial charge in [-0.1, -0.05) is 50.1 Å². The van der Waals surface area contributed by atoms with Crippen LogP contribution in [0.4, 0.5) is 0 Å². The van der Waals surface area contributed by atoms with Crippen molar-refractivity contribution in [3.63, 3.8) is 0 Å². The van der Waals surface area contributed by atoms with Gasteiger partial charge in [0.1, 0.15) is 0 Å². The Labute approximate surface area is 95.4 Å². The van der Waals surface area contributed by atoms with Crippen LogP contribution in [-0.2, 0) is 17.1 Å². The van der Waals surface area contributed by atoms with Crippen LogP contribution in [0, 0.1) is 0 Å². The summed E-state index contributed by atoms with van der Waals surface area (Å²) in [5.41, 5.74) is 3.73. The fraction of sp³-hybridized carbons (Fsp3) is 0.400. The molecule has 0 aliphatic carbocycles. The summed E-state index contributed by atoms with van der Waals surface area (Å²) in [5.74, 6) is 0. The van der Waals surface area contributed by atoms with E-state index in [0.29, 0.717) is 0 Å². The van der Waals surface area contributed by atoms with E-state index in [2.05, 4.69) is 50.1 Å². The predicted octanol–water partition coefficient (Wildman–Crippen LogP) is 3.01. The van der Waals surface area contributed by atoms with Crippen LogP contribution in [-0.4, -0.2) is 11.7 Å². The molecule has 0 aliphatic heterocycles. The molecular weight excluding hydrogens is 296 g/mol. The molecule has 13 heavy (non-hydrogen) atoms. The lowest BCUT2D eigenvalue weighted by Crippen LogP contribution is -1.94. The molecule has 0 spiro atoms. The van der Waals surface area contributed by atoms with E-state index in [4.69, 9.17) is 5.11 Å². The molecular formula is C10H12Br2O. The van der Waals surface area contributed by atoms with E-state index >= 15 is 0 Å². The van der Waals surface area contributed by atoms with Crippen molar-refractivity contribution in [2.75, 3.05) is 6.61 Å². The van der Waals surface area contributed by atoms with Gasteiger partial charge in [0.2, 0.25) is 0 Å². The first-order valence-corrected chi connectivity index (χ1v) is 6.39. The smallest absolute Gasteiger partial charge is 0.0471 e. The molecule has 1 nitrogen and oxygen atoms in total. The summed E-state index contributed by atoms with van der Waals surface area (Å²) in [7, 11) is 0. The van der Waals surface area contributed by atoms with E-state index in [0.717, 1.165) is 17.1 Å². The first-order chi connectivity index (χ1) is 6.30. The van der Waals surface area contributed by atoms with Gasteiger partial charge < -0.3 is 5.11 Å². The van der Waals surface area contributed by atoms with Gasteiger partial charge in [-0.15, -0.1) is 0 Å². The van der Waals surface area contributed by atoms with Crippen molar-refractivity contribution in [1.29, 1.82) is 0 Å². The minimum Gasteiger partial charge on any atom is -0.396 e. The van der Waals surface area contributed by atoms with Crippen LogP contribution in [0.3, 0.4) is 0 Å².